The van der Waals surface area contributed by atoms with Crippen LogP contribution in [0.5, 0.6) is 5.75 Å². The first-order chi connectivity index (χ1) is 8.26. The molecule has 0 aromatic heterocycles. The van der Waals surface area contributed by atoms with E-state index in [-0.39, 0.29) is 12.4 Å². The molecule has 0 saturated heterocycles. The molecule has 0 fully saturated rings. The molecule has 17 heavy (non-hydrogen) atoms. The van der Waals surface area contributed by atoms with Gasteiger partial charge in [-0.05, 0) is 5.39 Å². The van der Waals surface area contributed by atoms with Crippen LogP contribution in [0.25, 0.3) is 10.8 Å². The van der Waals surface area contributed by atoms with E-state index in [9.17, 15) is 4.79 Å². The van der Waals surface area contributed by atoms with Gasteiger partial charge in [0.1, 0.15) is 5.75 Å². The first kappa shape index (κ1) is 11.5. The molecule has 0 aliphatic heterocycles. The molecule has 0 bridgehead atoms. The molecule has 2 aromatic rings. The molecule has 0 saturated carbocycles. The van der Waals surface area contributed by atoms with Gasteiger partial charge in [0.2, 0.25) is 0 Å². The molecule has 3 nitrogen and oxygen atoms in total. The van der Waals surface area contributed by atoms with Gasteiger partial charge in [0.15, 0.2) is 0 Å². The predicted molar refractivity (Wildman–Crippen MR) is 66.2 cm³/mol. The van der Waals surface area contributed by atoms with Crippen LogP contribution in [0, 0.1) is 0 Å². The normalized spacial score (nSPS) is 10.2. The van der Waals surface area contributed by atoms with Gasteiger partial charge in [-0.15, -0.1) is 0 Å². The molecule has 0 radical (unpaired) electrons. The second kappa shape index (κ2) is 4.87. The Morgan fingerprint density at radius 2 is 1.88 bits per heavy atom. The van der Waals surface area contributed by atoms with Crippen molar-refractivity contribution in [2.75, 3.05) is 14.2 Å². The maximum Gasteiger partial charge on any atom is 0.310 e. The molecular formula is C14H14O3. The average molecular weight is 230 g/mol. The molecule has 0 atom stereocenters. The number of benzene rings is 2. The Morgan fingerprint density at radius 1 is 1.12 bits per heavy atom. The fourth-order valence-corrected chi connectivity index (χ4v) is 1.90. The van der Waals surface area contributed by atoms with Gasteiger partial charge in [-0.1, -0.05) is 36.4 Å². The highest BCUT2D eigenvalue weighted by Crippen LogP contribution is 2.29. The van der Waals surface area contributed by atoms with E-state index in [1.807, 2.05) is 36.4 Å². The predicted octanol–water partition coefficient (Wildman–Crippen LogP) is 2.56. The summed E-state index contributed by atoms with van der Waals surface area (Å²) in [5, 5.41) is 2.11. The van der Waals surface area contributed by atoms with Crippen molar-refractivity contribution in [2.24, 2.45) is 0 Å². The molecule has 88 valence electrons. The lowest BCUT2D eigenvalue weighted by Gasteiger charge is -2.10. The zero-order chi connectivity index (χ0) is 12.3. The smallest absolute Gasteiger partial charge is 0.310 e. The molecule has 0 aliphatic rings. The third-order valence-corrected chi connectivity index (χ3v) is 2.73. The number of carbonyl (C=O) groups excluding carboxylic acids is 1. The fourth-order valence-electron chi connectivity index (χ4n) is 1.90. The van der Waals surface area contributed by atoms with Gasteiger partial charge in [0.25, 0.3) is 0 Å². The molecule has 2 rings (SSSR count). The van der Waals surface area contributed by atoms with Crippen molar-refractivity contribution in [3.8, 4) is 5.75 Å². The third-order valence-electron chi connectivity index (χ3n) is 2.73. The molecule has 2 aromatic carbocycles. The quantitative estimate of drug-likeness (QED) is 0.760. The largest absolute Gasteiger partial charge is 0.496 e. The Labute approximate surface area is 100.0 Å². The van der Waals surface area contributed by atoms with Crippen LogP contribution < -0.4 is 4.74 Å². The van der Waals surface area contributed by atoms with Gasteiger partial charge in [0.05, 0.1) is 20.6 Å². The lowest BCUT2D eigenvalue weighted by Crippen LogP contribution is -2.06. The summed E-state index contributed by atoms with van der Waals surface area (Å²) in [4.78, 5) is 11.3. The van der Waals surface area contributed by atoms with E-state index in [1.165, 1.54) is 7.11 Å². The Kier molecular flexibility index (Phi) is 3.28. The highest BCUT2D eigenvalue weighted by atomic mass is 16.5. The van der Waals surface area contributed by atoms with Crippen molar-refractivity contribution in [1.29, 1.82) is 0 Å². The first-order valence-corrected chi connectivity index (χ1v) is 5.37. The number of rotatable bonds is 3. The molecular weight excluding hydrogens is 216 g/mol. The summed E-state index contributed by atoms with van der Waals surface area (Å²) in [6.07, 6.45) is 0.227. The van der Waals surface area contributed by atoms with Crippen molar-refractivity contribution in [1.82, 2.24) is 0 Å². The number of ether oxygens (including phenoxy) is 2. The zero-order valence-corrected chi connectivity index (χ0v) is 9.90. The van der Waals surface area contributed by atoms with Crippen molar-refractivity contribution in [2.45, 2.75) is 6.42 Å². The number of carbonyl (C=O) groups is 1. The van der Waals surface area contributed by atoms with Crippen LogP contribution in [-0.2, 0) is 16.0 Å². The molecule has 0 unspecified atom stereocenters. The van der Waals surface area contributed by atoms with Crippen molar-refractivity contribution >= 4 is 16.7 Å². The number of methoxy groups -OCH3 is 2. The minimum absolute atomic E-state index is 0.227. The van der Waals surface area contributed by atoms with Gasteiger partial charge < -0.3 is 9.47 Å². The van der Waals surface area contributed by atoms with E-state index in [4.69, 9.17) is 4.74 Å². The van der Waals surface area contributed by atoms with Crippen molar-refractivity contribution in [3.05, 3.63) is 42.0 Å². The van der Waals surface area contributed by atoms with Gasteiger partial charge in [-0.2, -0.15) is 0 Å². The zero-order valence-electron chi connectivity index (χ0n) is 9.90. The first-order valence-electron chi connectivity index (χ1n) is 5.37. The summed E-state index contributed by atoms with van der Waals surface area (Å²) in [5.74, 6) is 0.479. The van der Waals surface area contributed by atoms with E-state index in [1.54, 1.807) is 7.11 Å². The minimum atomic E-state index is -0.265. The number of fused-ring (bicyclic) bond motifs is 1. The Morgan fingerprint density at radius 3 is 2.59 bits per heavy atom. The van der Waals surface area contributed by atoms with Crippen LogP contribution in [0.1, 0.15) is 5.56 Å². The number of esters is 1. The second-order valence-corrected chi connectivity index (χ2v) is 3.73. The summed E-state index contributed by atoms with van der Waals surface area (Å²) in [6, 6.07) is 11.8. The lowest BCUT2D eigenvalue weighted by atomic mass is 10.0. The van der Waals surface area contributed by atoms with Gasteiger partial charge in [-0.3, -0.25) is 4.79 Å². The van der Waals surface area contributed by atoms with Gasteiger partial charge in [-0.25, -0.2) is 0 Å². The molecule has 0 N–H and O–H groups in total. The van der Waals surface area contributed by atoms with E-state index >= 15 is 0 Å². The molecule has 0 spiro atoms. The van der Waals surface area contributed by atoms with Crippen LogP contribution in [0.2, 0.25) is 0 Å². The van der Waals surface area contributed by atoms with Crippen molar-refractivity contribution < 1.29 is 14.3 Å². The Balaban J connectivity index is 2.53. The number of hydrogen-bond donors (Lipinski definition) is 0. The third kappa shape index (κ3) is 2.23. The Bertz CT molecular complexity index is 546. The maximum atomic E-state index is 11.3. The van der Waals surface area contributed by atoms with Crippen LogP contribution in [0.3, 0.4) is 0 Å². The standard InChI is InChI=1S/C14H14O3/c1-16-13(15)9-11-8-7-10-5-3-4-6-12(10)14(11)17-2/h3-8H,9H2,1-2H3. The lowest BCUT2D eigenvalue weighted by molar-refractivity contribution is -0.139. The summed E-state index contributed by atoms with van der Waals surface area (Å²) < 4.78 is 10.1. The summed E-state index contributed by atoms with van der Waals surface area (Å²) in [5.41, 5.74) is 0.845. The maximum absolute atomic E-state index is 11.3. The van der Waals surface area contributed by atoms with E-state index in [0.29, 0.717) is 0 Å². The molecule has 0 amide bonds. The fraction of sp³-hybridized carbons (Fsp3) is 0.214. The van der Waals surface area contributed by atoms with Crippen LogP contribution in [0.4, 0.5) is 0 Å². The minimum Gasteiger partial charge on any atom is -0.496 e. The summed E-state index contributed by atoms with van der Waals surface area (Å²) in [7, 11) is 3.00. The highest BCUT2D eigenvalue weighted by molar-refractivity contribution is 5.90. The van der Waals surface area contributed by atoms with Gasteiger partial charge in [0, 0.05) is 10.9 Å². The topological polar surface area (TPSA) is 35.5 Å². The molecule has 3 heteroatoms. The average Bonchev–Trinajstić information content (AvgIpc) is 2.38. The summed E-state index contributed by atoms with van der Waals surface area (Å²) in [6.45, 7) is 0. The monoisotopic (exact) mass is 230 g/mol. The van der Waals surface area contributed by atoms with E-state index < -0.39 is 0 Å². The van der Waals surface area contributed by atoms with Crippen molar-refractivity contribution in [3.63, 3.8) is 0 Å². The molecule has 0 heterocycles. The van der Waals surface area contributed by atoms with Crippen LogP contribution in [-0.4, -0.2) is 20.2 Å². The summed E-state index contributed by atoms with van der Waals surface area (Å²) >= 11 is 0. The Hall–Kier alpha value is -2.03. The number of hydrogen-bond acceptors (Lipinski definition) is 3. The molecule has 0 aliphatic carbocycles. The highest BCUT2D eigenvalue weighted by Gasteiger charge is 2.11. The van der Waals surface area contributed by atoms with Gasteiger partial charge >= 0.3 is 5.97 Å². The second-order valence-electron chi connectivity index (χ2n) is 3.73. The van der Waals surface area contributed by atoms with Crippen LogP contribution >= 0.6 is 0 Å². The van der Waals surface area contributed by atoms with Crippen LogP contribution in [0.15, 0.2) is 36.4 Å². The SMILES string of the molecule is COC(=O)Cc1ccc2ccccc2c1OC. The van der Waals surface area contributed by atoms with E-state index in [0.717, 1.165) is 22.1 Å². The van der Waals surface area contributed by atoms with E-state index in [2.05, 4.69) is 4.74 Å².